The monoisotopic (exact) mass is 502 g/mol. The van der Waals surface area contributed by atoms with Crippen molar-refractivity contribution in [3.63, 3.8) is 0 Å². The van der Waals surface area contributed by atoms with E-state index in [2.05, 4.69) is 19.6 Å². The van der Waals surface area contributed by atoms with Crippen LogP contribution in [0.3, 0.4) is 0 Å². The average Bonchev–Trinajstić information content (AvgIpc) is 3.46. The Bertz CT molecular complexity index is 1130. The molecule has 12 nitrogen and oxygen atoms in total. The number of aromatic nitrogens is 2. The fourth-order valence-electron chi connectivity index (χ4n) is 4.66. The second-order valence-electron chi connectivity index (χ2n) is 8.89. The van der Waals surface area contributed by atoms with Crippen LogP contribution in [0, 0.1) is 5.41 Å². The van der Waals surface area contributed by atoms with Crippen LogP contribution in [0.25, 0.3) is 11.4 Å². The van der Waals surface area contributed by atoms with Gasteiger partial charge in [0.25, 0.3) is 0 Å². The number of nitrogens with one attached hydrogen (secondary N) is 1. The molecule has 2 aromatic rings. The number of esters is 2. The number of hydrogen-bond acceptors (Lipinski definition) is 10. The molecule has 1 amide bonds. The largest absolute Gasteiger partial charge is 0.466 e. The molecule has 1 N–H and O–H groups in total. The fourth-order valence-corrected chi connectivity index (χ4v) is 4.66. The third-order valence-corrected chi connectivity index (χ3v) is 6.54. The van der Waals surface area contributed by atoms with E-state index in [4.69, 9.17) is 14.2 Å². The van der Waals surface area contributed by atoms with Gasteiger partial charge >= 0.3 is 23.8 Å². The van der Waals surface area contributed by atoms with Crippen molar-refractivity contribution in [3.05, 3.63) is 34.8 Å². The molecule has 1 unspecified atom stereocenters. The Kier molecular flexibility index (Phi) is 7.73. The molecular weight excluding hydrogens is 472 g/mol. The Morgan fingerprint density at radius 2 is 1.81 bits per heavy atom. The van der Waals surface area contributed by atoms with Gasteiger partial charge in [0, 0.05) is 17.8 Å². The normalized spacial score (nSPS) is 19.7. The van der Waals surface area contributed by atoms with Gasteiger partial charge in [-0.15, -0.1) is 0 Å². The van der Waals surface area contributed by atoms with E-state index >= 15 is 0 Å². The van der Waals surface area contributed by atoms with Gasteiger partial charge in [0.1, 0.15) is 6.10 Å². The van der Waals surface area contributed by atoms with Crippen molar-refractivity contribution in [2.45, 2.75) is 39.2 Å². The van der Waals surface area contributed by atoms with Crippen LogP contribution in [-0.4, -0.2) is 78.6 Å². The Labute approximate surface area is 207 Å². The topological polar surface area (TPSA) is 144 Å². The first-order valence-electron chi connectivity index (χ1n) is 12.0. The molecular formula is C24H30N4O8. The quantitative estimate of drug-likeness (QED) is 0.399. The lowest BCUT2D eigenvalue weighted by molar-refractivity contribution is -0.165. The smallest absolute Gasteiger partial charge is 0.439 e. The molecule has 0 aliphatic carbocycles. The summed E-state index contributed by atoms with van der Waals surface area (Å²) in [5.74, 6) is -1.10. The van der Waals surface area contributed by atoms with Crippen LogP contribution in [-0.2, 0) is 23.8 Å². The molecule has 0 spiro atoms. The first kappa shape index (κ1) is 25.4. The van der Waals surface area contributed by atoms with Gasteiger partial charge in [-0.05, 0) is 64.0 Å². The number of ether oxygens (including phenoxy) is 3. The zero-order chi connectivity index (χ0) is 25.7. The van der Waals surface area contributed by atoms with Crippen molar-refractivity contribution in [1.82, 2.24) is 15.0 Å². The second kappa shape index (κ2) is 10.9. The minimum absolute atomic E-state index is 0.00205. The summed E-state index contributed by atoms with van der Waals surface area (Å²) in [7, 11) is 0. The summed E-state index contributed by atoms with van der Waals surface area (Å²) < 4.78 is 20.5. The van der Waals surface area contributed by atoms with Gasteiger partial charge in [0.15, 0.2) is 5.82 Å². The summed E-state index contributed by atoms with van der Waals surface area (Å²) >= 11 is 0. The first-order chi connectivity index (χ1) is 17.3. The highest BCUT2D eigenvalue weighted by atomic mass is 16.6. The minimum atomic E-state index is -0.896. The average molecular weight is 503 g/mol. The molecule has 2 saturated heterocycles. The maximum Gasteiger partial charge on any atom is 0.439 e. The highest BCUT2D eigenvalue weighted by Gasteiger charge is 2.45. The molecule has 0 saturated carbocycles. The molecule has 12 heteroatoms. The third-order valence-electron chi connectivity index (χ3n) is 6.54. The van der Waals surface area contributed by atoms with E-state index in [-0.39, 0.29) is 31.7 Å². The number of benzene rings is 1. The number of nitrogens with zero attached hydrogens (tertiary/aromatic N) is 3. The van der Waals surface area contributed by atoms with Gasteiger partial charge in [-0.3, -0.25) is 28.9 Å². The lowest BCUT2D eigenvalue weighted by atomic mass is 9.75. The van der Waals surface area contributed by atoms with Gasteiger partial charge in [0.05, 0.1) is 31.6 Å². The highest BCUT2D eigenvalue weighted by Crippen LogP contribution is 2.37. The number of H-pyrrole nitrogens is 1. The number of amides is 1. The van der Waals surface area contributed by atoms with Crippen molar-refractivity contribution in [2.24, 2.45) is 5.41 Å². The molecule has 4 rings (SSSR count). The second-order valence-corrected chi connectivity index (χ2v) is 8.89. The number of carbonyl (C=O) groups excluding carboxylic acids is 3. The predicted molar refractivity (Wildman–Crippen MR) is 126 cm³/mol. The standard InChI is InChI=1S/C24H30N4O8/c1-3-33-19(29)13-24(21(30)34-4-2)9-11-27(12-10-24)14-18-15-28(23(32)35-18)17-7-5-16(6-8-17)20-25-22(31)36-26-20/h5-8,18H,3-4,9-15H2,1-2H3,(H,25,26,31). The molecule has 2 aliphatic rings. The van der Waals surface area contributed by atoms with Crippen molar-refractivity contribution in [2.75, 3.05) is 44.3 Å². The SMILES string of the molecule is CCOC(=O)CC1(C(=O)OCC)CCN(CC2CN(c3ccc(-c4noc(=O)[nH]4)cc3)C(=O)O2)CC1. The number of piperidine rings is 1. The Morgan fingerprint density at radius 1 is 1.11 bits per heavy atom. The van der Waals surface area contributed by atoms with Crippen LogP contribution >= 0.6 is 0 Å². The van der Waals surface area contributed by atoms with Gasteiger partial charge in [0.2, 0.25) is 0 Å². The van der Waals surface area contributed by atoms with Crippen molar-refractivity contribution in [3.8, 4) is 11.4 Å². The van der Waals surface area contributed by atoms with Crippen LogP contribution in [0.15, 0.2) is 33.6 Å². The summed E-state index contributed by atoms with van der Waals surface area (Å²) in [5, 5.41) is 3.65. The van der Waals surface area contributed by atoms with E-state index in [1.165, 1.54) is 0 Å². The predicted octanol–water partition coefficient (Wildman–Crippen LogP) is 1.95. The van der Waals surface area contributed by atoms with Crippen LogP contribution in [0.1, 0.15) is 33.1 Å². The fraction of sp³-hybridized carbons (Fsp3) is 0.542. The maximum absolute atomic E-state index is 12.7. The van der Waals surface area contributed by atoms with Crippen molar-refractivity contribution < 1.29 is 33.1 Å². The molecule has 194 valence electrons. The number of aromatic amines is 1. The summed E-state index contributed by atoms with van der Waals surface area (Å²) in [5.41, 5.74) is 0.411. The van der Waals surface area contributed by atoms with E-state index in [1.807, 2.05) is 0 Å². The van der Waals surface area contributed by atoms with E-state index in [9.17, 15) is 19.2 Å². The summed E-state index contributed by atoms with van der Waals surface area (Å²) in [4.78, 5) is 54.7. The van der Waals surface area contributed by atoms with E-state index < -0.39 is 23.2 Å². The number of carbonyl (C=O) groups is 3. The molecule has 3 heterocycles. The molecule has 2 fully saturated rings. The Balaban J connectivity index is 1.34. The summed E-state index contributed by atoms with van der Waals surface area (Å²) in [6, 6.07) is 6.95. The molecule has 0 bridgehead atoms. The van der Waals surface area contributed by atoms with Crippen molar-refractivity contribution >= 4 is 23.7 Å². The number of rotatable bonds is 9. The van der Waals surface area contributed by atoms with Gasteiger partial charge in [-0.25, -0.2) is 9.59 Å². The van der Waals surface area contributed by atoms with E-state index in [0.29, 0.717) is 56.1 Å². The molecule has 36 heavy (non-hydrogen) atoms. The van der Waals surface area contributed by atoms with Gasteiger partial charge in [-0.1, -0.05) is 5.16 Å². The van der Waals surface area contributed by atoms with Crippen molar-refractivity contribution in [1.29, 1.82) is 0 Å². The number of hydrogen-bond donors (Lipinski definition) is 1. The van der Waals surface area contributed by atoms with Gasteiger partial charge in [-0.2, -0.15) is 0 Å². The number of cyclic esters (lactones) is 1. The third kappa shape index (κ3) is 5.59. The van der Waals surface area contributed by atoms with E-state index in [0.717, 1.165) is 0 Å². The summed E-state index contributed by atoms with van der Waals surface area (Å²) in [6.07, 6.45) is 0.131. The number of likely N-dealkylation sites (tertiary alicyclic amines) is 1. The van der Waals surface area contributed by atoms with E-state index in [1.54, 1.807) is 43.0 Å². The first-order valence-corrected chi connectivity index (χ1v) is 12.0. The zero-order valence-corrected chi connectivity index (χ0v) is 20.4. The lowest BCUT2D eigenvalue weighted by Gasteiger charge is -2.39. The molecule has 1 atom stereocenters. The molecule has 0 radical (unpaired) electrons. The highest BCUT2D eigenvalue weighted by molar-refractivity contribution is 5.90. The Hall–Kier alpha value is -3.67. The minimum Gasteiger partial charge on any atom is -0.466 e. The van der Waals surface area contributed by atoms with Crippen LogP contribution in [0.2, 0.25) is 0 Å². The molecule has 1 aromatic heterocycles. The lowest BCUT2D eigenvalue weighted by Crippen LogP contribution is -2.48. The van der Waals surface area contributed by atoms with Gasteiger partial charge < -0.3 is 14.2 Å². The molecule has 2 aliphatic heterocycles. The zero-order valence-electron chi connectivity index (χ0n) is 20.4. The molecule has 1 aromatic carbocycles. The summed E-state index contributed by atoms with van der Waals surface area (Å²) in [6.45, 7) is 6.01. The number of anilines is 1. The van der Waals surface area contributed by atoms with Crippen LogP contribution in [0.5, 0.6) is 0 Å². The van der Waals surface area contributed by atoms with Crippen LogP contribution in [0.4, 0.5) is 10.5 Å². The Morgan fingerprint density at radius 3 is 2.42 bits per heavy atom. The van der Waals surface area contributed by atoms with Crippen LogP contribution < -0.4 is 10.7 Å². The maximum atomic E-state index is 12.7.